The fourth-order valence-corrected chi connectivity index (χ4v) is 4.84. The van der Waals surface area contributed by atoms with Crippen molar-refractivity contribution < 1.29 is 22.3 Å². The molecule has 8 nitrogen and oxygen atoms in total. The van der Waals surface area contributed by atoms with E-state index in [0.29, 0.717) is 18.4 Å². The molecule has 0 amide bonds. The maximum Gasteiger partial charge on any atom is 0.241 e. The van der Waals surface area contributed by atoms with Crippen LogP contribution in [0.2, 0.25) is 0 Å². The van der Waals surface area contributed by atoms with Crippen molar-refractivity contribution in [1.82, 2.24) is 19.6 Å². The summed E-state index contributed by atoms with van der Waals surface area (Å²) >= 11 is 0. The first-order valence-electron chi connectivity index (χ1n) is 10.9. The van der Waals surface area contributed by atoms with E-state index in [4.69, 9.17) is 0 Å². The number of rotatable bonds is 7. The summed E-state index contributed by atoms with van der Waals surface area (Å²) in [6, 6.07) is 4.66. The van der Waals surface area contributed by atoms with Crippen LogP contribution in [0.15, 0.2) is 35.6 Å². The Kier molecular flexibility index (Phi) is 6.62. The molecule has 3 aromatic rings. The van der Waals surface area contributed by atoms with Crippen molar-refractivity contribution in [3.8, 4) is 11.1 Å². The highest BCUT2D eigenvalue weighted by molar-refractivity contribution is 7.90. The highest BCUT2D eigenvalue weighted by Crippen LogP contribution is 2.37. The third kappa shape index (κ3) is 5.30. The molecule has 0 bridgehead atoms. The second-order valence-electron chi connectivity index (χ2n) is 8.70. The van der Waals surface area contributed by atoms with Gasteiger partial charge in [0, 0.05) is 47.7 Å². The zero-order chi connectivity index (χ0) is 23.8. The Hall–Kier alpha value is -2.66. The number of sulfone groups is 1. The standard InChI is InChI=1S/C22H27F2N5O3S/c1-13(9-20(23)24)27-22-26-12-19-17(15-5-8-21(25-11-15)33(2,31)32)10-18(29(19)28-22)14-3-6-16(30)7-4-14/h5,8,10-14,16,20,30H,3-4,6-7,9H2,1-2H3,(H,27,28)/t13-,14?,16?/m0/s1. The lowest BCUT2D eigenvalue weighted by molar-refractivity contribution is 0.121. The summed E-state index contributed by atoms with van der Waals surface area (Å²) in [6.07, 6.45) is 4.18. The van der Waals surface area contributed by atoms with Crippen LogP contribution >= 0.6 is 0 Å². The van der Waals surface area contributed by atoms with E-state index in [2.05, 4.69) is 20.4 Å². The van der Waals surface area contributed by atoms with Gasteiger partial charge in [-0.15, -0.1) is 5.10 Å². The Morgan fingerprint density at radius 3 is 2.52 bits per heavy atom. The van der Waals surface area contributed by atoms with E-state index in [0.717, 1.165) is 35.9 Å². The average Bonchev–Trinajstić information content (AvgIpc) is 3.12. The molecule has 1 saturated carbocycles. The molecule has 1 fully saturated rings. The van der Waals surface area contributed by atoms with E-state index in [1.807, 2.05) is 6.07 Å². The van der Waals surface area contributed by atoms with E-state index in [1.54, 1.807) is 23.7 Å². The number of nitrogens with zero attached hydrogens (tertiary/aromatic N) is 4. The normalized spacial score (nSPS) is 20.3. The van der Waals surface area contributed by atoms with E-state index in [1.165, 1.54) is 12.3 Å². The smallest absolute Gasteiger partial charge is 0.241 e. The maximum atomic E-state index is 12.7. The summed E-state index contributed by atoms with van der Waals surface area (Å²) in [5.74, 6) is 0.416. The highest BCUT2D eigenvalue weighted by atomic mass is 32.2. The molecule has 178 valence electrons. The van der Waals surface area contributed by atoms with Gasteiger partial charge in [0.05, 0.1) is 17.8 Å². The van der Waals surface area contributed by atoms with Gasteiger partial charge in [-0.1, -0.05) is 0 Å². The molecule has 1 aliphatic carbocycles. The molecule has 2 N–H and O–H groups in total. The number of anilines is 1. The van der Waals surface area contributed by atoms with Crippen LogP contribution in [0.5, 0.6) is 0 Å². The monoisotopic (exact) mass is 479 g/mol. The van der Waals surface area contributed by atoms with Crippen LogP contribution in [-0.4, -0.2) is 57.9 Å². The highest BCUT2D eigenvalue weighted by Gasteiger charge is 2.26. The second kappa shape index (κ2) is 9.30. The number of hydrogen-bond donors (Lipinski definition) is 2. The van der Waals surface area contributed by atoms with Crippen LogP contribution in [0.25, 0.3) is 16.6 Å². The van der Waals surface area contributed by atoms with Gasteiger partial charge in [0.2, 0.25) is 12.4 Å². The van der Waals surface area contributed by atoms with E-state index in [9.17, 15) is 22.3 Å². The fourth-order valence-electron chi connectivity index (χ4n) is 4.28. The molecule has 1 aliphatic rings. The first kappa shape index (κ1) is 23.5. The summed E-state index contributed by atoms with van der Waals surface area (Å²) in [5.41, 5.74) is 3.16. The van der Waals surface area contributed by atoms with Crippen LogP contribution < -0.4 is 5.32 Å². The van der Waals surface area contributed by atoms with Crippen LogP contribution in [0.4, 0.5) is 14.7 Å². The van der Waals surface area contributed by atoms with Gasteiger partial charge in [-0.05, 0) is 50.8 Å². The lowest BCUT2D eigenvalue weighted by Gasteiger charge is -2.25. The number of aliphatic hydroxyl groups excluding tert-OH is 1. The van der Waals surface area contributed by atoms with E-state index < -0.39 is 22.3 Å². The van der Waals surface area contributed by atoms with Crippen molar-refractivity contribution in [3.05, 3.63) is 36.3 Å². The van der Waals surface area contributed by atoms with Crippen LogP contribution in [0.3, 0.4) is 0 Å². The van der Waals surface area contributed by atoms with Gasteiger partial charge in [-0.25, -0.2) is 31.7 Å². The molecule has 0 aliphatic heterocycles. The Morgan fingerprint density at radius 1 is 1.18 bits per heavy atom. The summed E-state index contributed by atoms with van der Waals surface area (Å²) in [4.78, 5) is 8.42. The summed E-state index contributed by atoms with van der Waals surface area (Å²) in [6.45, 7) is 1.65. The van der Waals surface area contributed by atoms with Crippen molar-refractivity contribution in [3.63, 3.8) is 0 Å². The minimum Gasteiger partial charge on any atom is -0.393 e. The van der Waals surface area contributed by atoms with E-state index in [-0.39, 0.29) is 29.4 Å². The Morgan fingerprint density at radius 2 is 1.91 bits per heavy atom. The molecule has 0 aromatic carbocycles. The summed E-state index contributed by atoms with van der Waals surface area (Å²) < 4.78 is 50.7. The third-order valence-corrected chi connectivity index (χ3v) is 7.00. The molecule has 1 atom stereocenters. The first-order valence-corrected chi connectivity index (χ1v) is 12.8. The average molecular weight is 480 g/mol. The van der Waals surface area contributed by atoms with Crippen molar-refractivity contribution in [1.29, 1.82) is 0 Å². The molecule has 0 radical (unpaired) electrons. The van der Waals surface area contributed by atoms with Gasteiger partial charge in [0.25, 0.3) is 0 Å². The number of pyridine rings is 1. The predicted molar refractivity (Wildman–Crippen MR) is 120 cm³/mol. The van der Waals surface area contributed by atoms with Gasteiger partial charge < -0.3 is 10.4 Å². The zero-order valence-corrected chi connectivity index (χ0v) is 19.3. The molecule has 0 saturated heterocycles. The summed E-state index contributed by atoms with van der Waals surface area (Å²) in [5, 5.41) is 17.4. The minimum atomic E-state index is -3.41. The second-order valence-corrected chi connectivity index (χ2v) is 10.7. The molecule has 3 aromatic heterocycles. The number of hydrogen-bond acceptors (Lipinski definition) is 7. The topological polar surface area (TPSA) is 109 Å². The Labute approximate surface area is 191 Å². The first-order chi connectivity index (χ1) is 15.6. The van der Waals surface area contributed by atoms with Crippen molar-refractivity contribution >= 4 is 21.3 Å². The van der Waals surface area contributed by atoms with Crippen LogP contribution in [-0.2, 0) is 9.84 Å². The molecular formula is C22H27F2N5O3S. The van der Waals surface area contributed by atoms with Gasteiger partial charge in [-0.2, -0.15) is 0 Å². The molecular weight excluding hydrogens is 452 g/mol. The predicted octanol–water partition coefficient (Wildman–Crippen LogP) is 3.67. The number of fused-ring (bicyclic) bond motifs is 1. The molecule has 4 rings (SSSR count). The third-order valence-electron chi connectivity index (χ3n) is 5.99. The fraction of sp³-hybridized carbons (Fsp3) is 0.500. The Bertz CT molecular complexity index is 1220. The van der Waals surface area contributed by atoms with Gasteiger partial charge in [0.15, 0.2) is 14.9 Å². The van der Waals surface area contributed by atoms with Gasteiger partial charge in [-0.3, -0.25) is 0 Å². The number of nitrogens with one attached hydrogen (secondary N) is 1. The molecule has 3 heterocycles. The number of aliphatic hydroxyl groups is 1. The zero-order valence-electron chi connectivity index (χ0n) is 18.4. The lowest BCUT2D eigenvalue weighted by atomic mass is 9.85. The van der Waals surface area contributed by atoms with Gasteiger partial charge >= 0.3 is 0 Å². The van der Waals surface area contributed by atoms with E-state index >= 15 is 0 Å². The van der Waals surface area contributed by atoms with Crippen molar-refractivity contribution in [2.45, 2.75) is 68.5 Å². The number of aromatic nitrogens is 4. The molecule has 11 heteroatoms. The largest absolute Gasteiger partial charge is 0.393 e. The minimum absolute atomic E-state index is 0.00740. The SMILES string of the molecule is C[C@@H](CC(F)F)Nc1ncc2c(-c3ccc(S(C)(=O)=O)nc3)cc(C3CCC(O)CC3)n2n1. The number of alkyl halides is 2. The van der Waals surface area contributed by atoms with Crippen molar-refractivity contribution in [2.24, 2.45) is 0 Å². The molecule has 0 unspecified atom stereocenters. The molecule has 33 heavy (non-hydrogen) atoms. The maximum absolute atomic E-state index is 12.7. The lowest BCUT2D eigenvalue weighted by Crippen LogP contribution is -2.21. The quantitative estimate of drug-likeness (QED) is 0.532. The molecule has 0 spiro atoms. The van der Waals surface area contributed by atoms with Gasteiger partial charge in [0.1, 0.15) is 0 Å². The van der Waals surface area contributed by atoms with Crippen LogP contribution in [0, 0.1) is 0 Å². The number of halogens is 2. The van der Waals surface area contributed by atoms with Crippen LogP contribution in [0.1, 0.15) is 50.6 Å². The van der Waals surface area contributed by atoms with Crippen molar-refractivity contribution in [2.75, 3.05) is 11.6 Å². The summed E-state index contributed by atoms with van der Waals surface area (Å²) in [7, 11) is -3.41. The Balaban J connectivity index is 1.75.